The molecule has 0 aromatic heterocycles. The first-order valence-corrected chi connectivity index (χ1v) is 6.24. The molecule has 0 aromatic rings. The lowest BCUT2D eigenvalue weighted by Gasteiger charge is -2.35. The largest absolute Gasteiger partial charge is 0.340 e. The van der Waals surface area contributed by atoms with E-state index in [1.807, 2.05) is 0 Å². The number of carbonyl (C=O) groups excluding carboxylic acids is 1. The van der Waals surface area contributed by atoms with Crippen LogP contribution >= 0.6 is 0 Å². The zero-order valence-electron chi connectivity index (χ0n) is 10.0. The Kier molecular flexibility index (Phi) is 5.09. The molecular formula is C12H24N2O. The number of hydrogen-bond donors (Lipinski definition) is 1. The number of rotatable bonds is 4. The molecule has 0 radical (unpaired) electrons. The minimum Gasteiger partial charge on any atom is -0.340 e. The predicted octanol–water partition coefficient (Wildman–Crippen LogP) is 1.90. The molecule has 0 heterocycles. The smallest absolute Gasteiger partial charge is 0.222 e. The maximum absolute atomic E-state index is 11.8. The Morgan fingerprint density at radius 2 is 1.87 bits per heavy atom. The van der Waals surface area contributed by atoms with Gasteiger partial charge >= 0.3 is 0 Å². The fourth-order valence-corrected chi connectivity index (χ4v) is 2.41. The van der Waals surface area contributed by atoms with E-state index in [1.165, 1.54) is 0 Å². The maximum atomic E-state index is 11.8. The maximum Gasteiger partial charge on any atom is 0.222 e. The summed E-state index contributed by atoms with van der Waals surface area (Å²) in [5.41, 5.74) is 5.87. The zero-order valence-corrected chi connectivity index (χ0v) is 10.0. The lowest BCUT2D eigenvalue weighted by Crippen LogP contribution is -2.44. The van der Waals surface area contributed by atoms with Crippen molar-refractivity contribution in [2.24, 2.45) is 5.73 Å². The molecule has 15 heavy (non-hydrogen) atoms. The molecule has 1 aliphatic rings. The Balaban J connectivity index is 2.47. The van der Waals surface area contributed by atoms with Crippen LogP contribution < -0.4 is 5.73 Å². The normalized spacial score (nSPS) is 26.3. The standard InChI is InChI=1S/C12H24N2O/c1-3-5-12(15)14(4-2)11-8-6-10(13)7-9-11/h10-11H,3-9,13H2,1-2H3. The summed E-state index contributed by atoms with van der Waals surface area (Å²) in [6.07, 6.45) is 5.95. The number of nitrogens with two attached hydrogens (primary N) is 1. The van der Waals surface area contributed by atoms with Crippen molar-refractivity contribution in [1.29, 1.82) is 0 Å². The van der Waals surface area contributed by atoms with Crippen LogP contribution in [-0.2, 0) is 4.79 Å². The van der Waals surface area contributed by atoms with Gasteiger partial charge in [0.15, 0.2) is 0 Å². The number of amides is 1. The van der Waals surface area contributed by atoms with Crippen molar-refractivity contribution in [1.82, 2.24) is 4.90 Å². The summed E-state index contributed by atoms with van der Waals surface area (Å²) < 4.78 is 0. The Morgan fingerprint density at radius 3 is 2.33 bits per heavy atom. The van der Waals surface area contributed by atoms with Crippen molar-refractivity contribution < 1.29 is 4.79 Å². The topological polar surface area (TPSA) is 46.3 Å². The van der Waals surface area contributed by atoms with E-state index >= 15 is 0 Å². The number of hydrogen-bond acceptors (Lipinski definition) is 2. The van der Waals surface area contributed by atoms with Crippen LogP contribution in [0.5, 0.6) is 0 Å². The molecule has 1 saturated carbocycles. The van der Waals surface area contributed by atoms with Gasteiger partial charge in [-0.05, 0) is 39.0 Å². The van der Waals surface area contributed by atoms with Crippen molar-refractivity contribution in [3.8, 4) is 0 Å². The van der Waals surface area contributed by atoms with Crippen molar-refractivity contribution >= 4 is 5.91 Å². The van der Waals surface area contributed by atoms with E-state index in [9.17, 15) is 4.79 Å². The Hall–Kier alpha value is -0.570. The van der Waals surface area contributed by atoms with Gasteiger partial charge in [-0.1, -0.05) is 6.92 Å². The second-order valence-corrected chi connectivity index (χ2v) is 4.50. The molecule has 1 fully saturated rings. The number of nitrogens with zero attached hydrogens (tertiary/aromatic N) is 1. The van der Waals surface area contributed by atoms with Gasteiger partial charge < -0.3 is 10.6 Å². The molecular weight excluding hydrogens is 188 g/mol. The summed E-state index contributed by atoms with van der Waals surface area (Å²) in [5.74, 6) is 0.320. The van der Waals surface area contributed by atoms with Crippen LogP contribution in [0.1, 0.15) is 52.4 Å². The SMILES string of the molecule is CCCC(=O)N(CC)C1CCC(N)CC1. The first kappa shape index (κ1) is 12.5. The first-order valence-electron chi connectivity index (χ1n) is 6.24. The highest BCUT2D eigenvalue weighted by Crippen LogP contribution is 2.22. The molecule has 0 aliphatic heterocycles. The van der Waals surface area contributed by atoms with Crippen molar-refractivity contribution in [2.45, 2.75) is 64.5 Å². The molecule has 1 amide bonds. The summed E-state index contributed by atoms with van der Waals surface area (Å²) in [5, 5.41) is 0. The van der Waals surface area contributed by atoms with Crippen LogP contribution in [0.3, 0.4) is 0 Å². The van der Waals surface area contributed by atoms with E-state index in [4.69, 9.17) is 5.73 Å². The fraction of sp³-hybridized carbons (Fsp3) is 0.917. The van der Waals surface area contributed by atoms with Gasteiger partial charge in [-0.3, -0.25) is 4.79 Å². The average Bonchev–Trinajstić information content (AvgIpc) is 2.22. The fourth-order valence-electron chi connectivity index (χ4n) is 2.41. The highest BCUT2D eigenvalue weighted by Gasteiger charge is 2.25. The Labute approximate surface area is 93.0 Å². The molecule has 0 aromatic carbocycles. The van der Waals surface area contributed by atoms with Crippen LogP contribution in [0.2, 0.25) is 0 Å². The second kappa shape index (κ2) is 6.11. The van der Waals surface area contributed by atoms with Crippen LogP contribution in [0.25, 0.3) is 0 Å². The molecule has 0 atom stereocenters. The van der Waals surface area contributed by atoms with Crippen LogP contribution in [0, 0.1) is 0 Å². The summed E-state index contributed by atoms with van der Waals surface area (Å²) in [4.78, 5) is 13.9. The van der Waals surface area contributed by atoms with Crippen LogP contribution in [0.15, 0.2) is 0 Å². The van der Waals surface area contributed by atoms with Gasteiger partial charge in [0.2, 0.25) is 5.91 Å². The first-order chi connectivity index (χ1) is 7.19. The highest BCUT2D eigenvalue weighted by molar-refractivity contribution is 5.76. The molecule has 3 nitrogen and oxygen atoms in total. The van der Waals surface area contributed by atoms with Crippen molar-refractivity contribution in [3.05, 3.63) is 0 Å². The molecule has 1 aliphatic carbocycles. The minimum absolute atomic E-state index is 0.320. The second-order valence-electron chi connectivity index (χ2n) is 4.50. The lowest BCUT2D eigenvalue weighted by molar-refractivity contribution is -0.134. The molecule has 0 saturated heterocycles. The van der Waals surface area contributed by atoms with E-state index in [2.05, 4.69) is 18.7 Å². The van der Waals surface area contributed by atoms with Crippen LogP contribution in [0.4, 0.5) is 0 Å². The summed E-state index contributed by atoms with van der Waals surface area (Å²) in [7, 11) is 0. The monoisotopic (exact) mass is 212 g/mol. The third-order valence-electron chi connectivity index (χ3n) is 3.31. The van der Waals surface area contributed by atoms with E-state index in [0.29, 0.717) is 24.4 Å². The zero-order chi connectivity index (χ0) is 11.3. The molecule has 3 heteroatoms. The predicted molar refractivity (Wildman–Crippen MR) is 62.5 cm³/mol. The lowest BCUT2D eigenvalue weighted by atomic mass is 9.90. The van der Waals surface area contributed by atoms with Crippen molar-refractivity contribution in [2.75, 3.05) is 6.54 Å². The van der Waals surface area contributed by atoms with Gasteiger partial charge in [0, 0.05) is 25.0 Å². The summed E-state index contributed by atoms with van der Waals surface area (Å²) >= 11 is 0. The van der Waals surface area contributed by atoms with Gasteiger partial charge in [0.25, 0.3) is 0 Å². The molecule has 1 rings (SSSR count). The average molecular weight is 212 g/mol. The van der Waals surface area contributed by atoms with E-state index in [1.54, 1.807) is 0 Å². The Morgan fingerprint density at radius 1 is 1.27 bits per heavy atom. The van der Waals surface area contributed by atoms with E-state index in [-0.39, 0.29) is 0 Å². The van der Waals surface area contributed by atoms with Gasteiger partial charge in [-0.25, -0.2) is 0 Å². The summed E-state index contributed by atoms with van der Waals surface area (Å²) in [6, 6.07) is 0.815. The molecule has 2 N–H and O–H groups in total. The number of carbonyl (C=O) groups is 1. The van der Waals surface area contributed by atoms with E-state index < -0.39 is 0 Å². The molecule has 0 unspecified atom stereocenters. The minimum atomic E-state index is 0.320. The molecule has 88 valence electrons. The quantitative estimate of drug-likeness (QED) is 0.773. The van der Waals surface area contributed by atoms with Crippen molar-refractivity contribution in [3.63, 3.8) is 0 Å². The Bertz CT molecular complexity index is 198. The van der Waals surface area contributed by atoms with E-state index in [0.717, 1.165) is 38.6 Å². The van der Waals surface area contributed by atoms with Gasteiger partial charge in [0.05, 0.1) is 0 Å². The third kappa shape index (κ3) is 3.49. The van der Waals surface area contributed by atoms with Gasteiger partial charge in [-0.15, -0.1) is 0 Å². The molecule has 0 bridgehead atoms. The summed E-state index contributed by atoms with van der Waals surface area (Å²) in [6.45, 7) is 4.98. The van der Waals surface area contributed by atoms with Gasteiger partial charge in [0.1, 0.15) is 0 Å². The van der Waals surface area contributed by atoms with Gasteiger partial charge in [-0.2, -0.15) is 0 Å². The van der Waals surface area contributed by atoms with Crippen LogP contribution in [-0.4, -0.2) is 29.4 Å². The molecule has 0 spiro atoms. The third-order valence-corrected chi connectivity index (χ3v) is 3.31. The highest BCUT2D eigenvalue weighted by atomic mass is 16.2.